The third-order valence-electron chi connectivity index (χ3n) is 9.07. The molecule has 0 radical (unpaired) electrons. The molecule has 0 spiro atoms. The van der Waals surface area contributed by atoms with E-state index in [4.69, 9.17) is 0 Å². The van der Waals surface area contributed by atoms with Gasteiger partial charge in [-0.15, -0.1) is 11.3 Å². The molecule has 9 rings (SSSR count). The highest BCUT2D eigenvalue weighted by molar-refractivity contribution is 7.26. The highest BCUT2D eigenvalue weighted by atomic mass is 32.1. The molecule has 8 aromatic carbocycles. The van der Waals surface area contributed by atoms with E-state index in [9.17, 15) is 0 Å². The van der Waals surface area contributed by atoms with E-state index in [1.54, 1.807) is 0 Å². The van der Waals surface area contributed by atoms with Gasteiger partial charge in [0.25, 0.3) is 0 Å². The van der Waals surface area contributed by atoms with Gasteiger partial charge < -0.3 is 0 Å². The van der Waals surface area contributed by atoms with Crippen LogP contribution in [0.4, 0.5) is 0 Å². The standard InChI is InChI=1S/C44H28S/c1-3-14-29(15-4-1)31-18-13-19-32(28-31)41-34-20-7-9-22-36(34)42(37-23-10-8-21-35(37)41)39-27-26-33(30-16-5-2-6-17-30)44-43(39)38-24-11-12-25-40(38)45-44/h1-28H. The SMILES string of the molecule is c1ccc(-c2cccc(-c3c4ccccc4c(-c4ccc(-c5ccccc5)c5sc6ccccc6c45)c4ccccc34)c2)cc1. The van der Waals surface area contributed by atoms with Gasteiger partial charge in [0.1, 0.15) is 0 Å². The molecule has 0 aliphatic carbocycles. The zero-order valence-corrected chi connectivity index (χ0v) is 25.4. The number of hydrogen-bond donors (Lipinski definition) is 0. The summed E-state index contributed by atoms with van der Waals surface area (Å²) in [6, 6.07) is 62.1. The quantitative estimate of drug-likeness (QED) is 0.179. The molecular formula is C44H28S. The Morgan fingerprint density at radius 3 is 1.47 bits per heavy atom. The first kappa shape index (κ1) is 25.9. The van der Waals surface area contributed by atoms with Crippen LogP contribution in [0, 0.1) is 0 Å². The Bertz CT molecular complexity index is 2460. The monoisotopic (exact) mass is 588 g/mol. The Kier molecular flexibility index (Phi) is 6.11. The summed E-state index contributed by atoms with van der Waals surface area (Å²) >= 11 is 1.90. The molecule has 0 atom stereocenters. The van der Waals surface area contributed by atoms with Gasteiger partial charge >= 0.3 is 0 Å². The molecule has 1 heterocycles. The van der Waals surface area contributed by atoms with E-state index in [2.05, 4.69) is 170 Å². The van der Waals surface area contributed by atoms with Crippen LogP contribution in [0.25, 0.3) is 86.2 Å². The molecular weight excluding hydrogens is 561 g/mol. The molecule has 0 aliphatic rings. The Hall–Kier alpha value is -5.50. The summed E-state index contributed by atoms with van der Waals surface area (Å²) in [6.07, 6.45) is 0. The van der Waals surface area contributed by atoms with Crippen molar-refractivity contribution in [2.24, 2.45) is 0 Å². The maximum atomic E-state index is 2.37. The molecule has 1 aromatic heterocycles. The first-order valence-corrected chi connectivity index (χ1v) is 16.3. The smallest absolute Gasteiger partial charge is 0.0440 e. The van der Waals surface area contributed by atoms with Crippen molar-refractivity contribution in [3.05, 3.63) is 170 Å². The molecule has 210 valence electrons. The molecule has 9 aromatic rings. The molecule has 45 heavy (non-hydrogen) atoms. The third kappa shape index (κ3) is 4.20. The van der Waals surface area contributed by atoms with Crippen molar-refractivity contribution in [3.8, 4) is 44.5 Å². The van der Waals surface area contributed by atoms with Gasteiger partial charge in [0.2, 0.25) is 0 Å². The van der Waals surface area contributed by atoms with Crippen molar-refractivity contribution in [1.29, 1.82) is 0 Å². The Morgan fingerprint density at radius 1 is 0.311 bits per heavy atom. The average molecular weight is 589 g/mol. The Labute approximate surface area is 266 Å². The lowest BCUT2D eigenvalue weighted by Crippen LogP contribution is -1.92. The summed E-state index contributed by atoms with van der Waals surface area (Å²) in [5.74, 6) is 0. The molecule has 0 unspecified atom stereocenters. The van der Waals surface area contributed by atoms with Gasteiger partial charge in [-0.1, -0.05) is 158 Å². The van der Waals surface area contributed by atoms with Crippen LogP contribution >= 0.6 is 11.3 Å². The van der Waals surface area contributed by atoms with Gasteiger partial charge in [0.15, 0.2) is 0 Å². The molecule has 1 heteroatoms. The molecule has 0 saturated heterocycles. The molecule has 0 bridgehead atoms. The lowest BCUT2D eigenvalue weighted by atomic mass is 9.84. The van der Waals surface area contributed by atoms with Crippen LogP contribution in [0.15, 0.2) is 170 Å². The van der Waals surface area contributed by atoms with Gasteiger partial charge in [-0.25, -0.2) is 0 Å². The second-order valence-corrected chi connectivity index (χ2v) is 12.7. The predicted molar refractivity (Wildman–Crippen MR) is 196 cm³/mol. The van der Waals surface area contributed by atoms with Crippen molar-refractivity contribution in [1.82, 2.24) is 0 Å². The number of benzene rings is 8. The molecule has 0 aliphatic heterocycles. The van der Waals surface area contributed by atoms with Gasteiger partial charge in [-0.05, 0) is 78.2 Å². The maximum absolute atomic E-state index is 2.37. The van der Waals surface area contributed by atoms with Crippen molar-refractivity contribution >= 4 is 53.1 Å². The Balaban J connectivity index is 1.39. The zero-order chi connectivity index (χ0) is 29.7. The van der Waals surface area contributed by atoms with E-state index < -0.39 is 0 Å². The van der Waals surface area contributed by atoms with Crippen LogP contribution < -0.4 is 0 Å². The second-order valence-electron chi connectivity index (χ2n) is 11.6. The van der Waals surface area contributed by atoms with Crippen LogP contribution in [0.5, 0.6) is 0 Å². The van der Waals surface area contributed by atoms with Crippen molar-refractivity contribution < 1.29 is 0 Å². The summed E-state index contributed by atoms with van der Waals surface area (Å²) in [5, 5.41) is 7.76. The van der Waals surface area contributed by atoms with E-state index in [0.717, 1.165) is 0 Å². The van der Waals surface area contributed by atoms with Gasteiger partial charge in [-0.2, -0.15) is 0 Å². The normalized spacial score (nSPS) is 11.6. The zero-order valence-electron chi connectivity index (χ0n) is 24.6. The first-order valence-electron chi connectivity index (χ1n) is 15.4. The van der Waals surface area contributed by atoms with Gasteiger partial charge in [-0.3, -0.25) is 0 Å². The van der Waals surface area contributed by atoms with E-state index in [0.29, 0.717) is 0 Å². The molecule has 0 N–H and O–H groups in total. The van der Waals surface area contributed by atoms with Crippen molar-refractivity contribution in [2.75, 3.05) is 0 Å². The average Bonchev–Trinajstić information content (AvgIpc) is 3.51. The highest BCUT2D eigenvalue weighted by Crippen LogP contribution is 2.50. The summed E-state index contributed by atoms with van der Waals surface area (Å²) < 4.78 is 2.66. The number of fused-ring (bicyclic) bond motifs is 5. The molecule has 0 fully saturated rings. The van der Waals surface area contributed by atoms with Crippen molar-refractivity contribution in [3.63, 3.8) is 0 Å². The highest BCUT2D eigenvalue weighted by Gasteiger charge is 2.21. The lowest BCUT2D eigenvalue weighted by Gasteiger charge is -2.19. The lowest BCUT2D eigenvalue weighted by molar-refractivity contribution is 1.61. The minimum Gasteiger partial charge on any atom is -0.135 e. The van der Waals surface area contributed by atoms with E-state index in [1.807, 2.05) is 11.3 Å². The van der Waals surface area contributed by atoms with Crippen LogP contribution in [-0.2, 0) is 0 Å². The fourth-order valence-corrected chi connectivity index (χ4v) is 8.36. The number of thiophene rings is 1. The van der Waals surface area contributed by atoms with E-state index >= 15 is 0 Å². The fourth-order valence-electron chi connectivity index (χ4n) is 7.10. The number of hydrogen-bond acceptors (Lipinski definition) is 1. The van der Waals surface area contributed by atoms with Gasteiger partial charge in [0.05, 0.1) is 0 Å². The predicted octanol–water partition coefficient (Wildman–Crippen LogP) is 13.0. The van der Waals surface area contributed by atoms with Crippen LogP contribution in [0.3, 0.4) is 0 Å². The summed E-state index contributed by atoms with van der Waals surface area (Å²) in [4.78, 5) is 0. The first-order chi connectivity index (χ1) is 22.3. The summed E-state index contributed by atoms with van der Waals surface area (Å²) in [6.45, 7) is 0. The van der Waals surface area contributed by atoms with Crippen LogP contribution in [0.2, 0.25) is 0 Å². The van der Waals surface area contributed by atoms with Gasteiger partial charge in [0, 0.05) is 20.2 Å². The largest absolute Gasteiger partial charge is 0.135 e. The third-order valence-corrected chi connectivity index (χ3v) is 10.3. The molecule has 0 nitrogen and oxygen atoms in total. The van der Waals surface area contributed by atoms with Crippen molar-refractivity contribution in [2.45, 2.75) is 0 Å². The molecule has 0 saturated carbocycles. The van der Waals surface area contributed by atoms with E-state index in [-0.39, 0.29) is 0 Å². The maximum Gasteiger partial charge on any atom is 0.0440 e. The van der Waals surface area contributed by atoms with Crippen LogP contribution in [-0.4, -0.2) is 0 Å². The fraction of sp³-hybridized carbons (Fsp3) is 0. The minimum absolute atomic E-state index is 1.23. The second kappa shape index (κ2) is 10.6. The Morgan fingerprint density at radius 2 is 0.800 bits per heavy atom. The van der Waals surface area contributed by atoms with Crippen LogP contribution in [0.1, 0.15) is 0 Å². The summed E-state index contributed by atoms with van der Waals surface area (Å²) in [5.41, 5.74) is 10.1. The summed E-state index contributed by atoms with van der Waals surface area (Å²) in [7, 11) is 0. The topological polar surface area (TPSA) is 0 Å². The number of rotatable bonds is 4. The molecule has 0 amide bonds. The van der Waals surface area contributed by atoms with E-state index in [1.165, 1.54) is 86.2 Å². The minimum atomic E-state index is 1.23.